The van der Waals surface area contributed by atoms with E-state index >= 15 is 0 Å². The van der Waals surface area contributed by atoms with E-state index in [1.54, 1.807) is 19.4 Å². The smallest absolute Gasteiger partial charge is 0.253 e. The second kappa shape index (κ2) is 10.6. The van der Waals surface area contributed by atoms with Crippen molar-refractivity contribution in [3.8, 4) is 11.5 Å². The van der Waals surface area contributed by atoms with Crippen LogP contribution in [0.2, 0.25) is 0 Å². The molecule has 2 aromatic carbocycles. The Hall–Kier alpha value is -3.12. The number of likely N-dealkylation sites (N-methyl/N-ethyl adjacent to an activating group) is 1. The Morgan fingerprint density at radius 3 is 2.63 bits per heavy atom. The van der Waals surface area contributed by atoms with E-state index in [2.05, 4.69) is 29.0 Å². The molecule has 0 aliphatic rings. The van der Waals surface area contributed by atoms with Gasteiger partial charge in [-0.1, -0.05) is 38.1 Å². The van der Waals surface area contributed by atoms with Gasteiger partial charge in [0.15, 0.2) is 11.5 Å². The number of carbonyl (C=O) groups is 1. The van der Waals surface area contributed by atoms with Crippen molar-refractivity contribution in [2.24, 2.45) is 0 Å². The Bertz CT molecular complexity index is 981. The number of nitrogens with one attached hydrogen (secondary N) is 1. The molecule has 3 aromatic rings. The molecule has 0 bridgehead atoms. The number of hydrogen-bond acceptors (Lipinski definition) is 5. The highest BCUT2D eigenvalue weighted by molar-refractivity contribution is 6.05. The van der Waals surface area contributed by atoms with Crippen LogP contribution in [0.3, 0.4) is 0 Å². The number of pyridine rings is 1. The number of para-hydroxylation sites is 1. The summed E-state index contributed by atoms with van der Waals surface area (Å²) in [6.07, 6.45) is 1.70. The molecule has 0 unspecified atom stereocenters. The van der Waals surface area contributed by atoms with Crippen LogP contribution in [0.1, 0.15) is 29.8 Å². The summed E-state index contributed by atoms with van der Waals surface area (Å²) in [5.74, 6) is 1.21. The van der Waals surface area contributed by atoms with Crippen molar-refractivity contribution in [1.82, 2.24) is 15.2 Å². The maximum Gasteiger partial charge on any atom is 0.253 e. The van der Waals surface area contributed by atoms with E-state index in [1.807, 2.05) is 42.5 Å². The maximum absolute atomic E-state index is 12.7. The number of methoxy groups -OCH3 is 1. The molecule has 0 spiro atoms. The molecule has 6 heteroatoms. The molecule has 0 radical (unpaired) electrons. The van der Waals surface area contributed by atoms with Crippen LogP contribution < -0.4 is 14.8 Å². The molecule has 1 aromatic heterocycles. The molecule has 30 heavy (non-hydrogen) atoms. The molecule has 1 amide bonds. The van der Waals surface area contributed by atoms with E-state index in [4.69, 9.17) is 9.47 Å². The Kier molecular flexibility index (Phi) is 7.63. The average molecular weight is 408 g/mol. The summed E-state index contributed by atoms with van der Waals surface area (Å²) in [7, 11) is 1.62. The summed E-state index contributed by atoms with van der Waals surface area (Å²) in [6.45, 7) is 8.14. The number of aromatic nitrogens is 1. The second-order valence-electron chi connectivity index (χ2n) is 6.92. The second-order valence-corrected chi connectivity index (χ2v) is 6.92. The Labute approximate surface area is 177 Å². The standard InChI is InChI=1S/C24H29N3O3/c1-4-27(5-2)14-15-30-21-12-11-18(16-22(21)29-3)17-26-24(28)20-10-6-8-19-9-7-13-25-23(19)20/h6-13,16H,4-5,14-15,17H2,1-3H3,(H,26,28). The quantitative estimate of drug-likeness (QED) is 0.552. The third-order valence-corrected chi connectivity index (χ3v) is 5.12. The maximum atomic E-state index is 12.7. The first-order chi connectivity index (χ1) is 14.7. The van der Waals surface area contributed by atoms with Gasteiger partial charge in [0, 0.05) is 24.7 Å². The molecule has 3 rings (SSSR count). The van der Waals surface area contributed by atoms with Crippen molar-refractivity contribution in [1.29, 1.82) is 0 Å². The number of rotatable bonds is 10. The molecule has 0 aliphatic carbocycles. The van der Waals surface area contributed by atoms with Crippen molar-refractivity contribution in [2.45, 2.75) is 20.4 Å². The fourth-order valence-corrected chi connectivity index (χ4v) is 3.33. The third kappa shape index (κ3) is 5.27. The van der Waals surface area contributed by atoms with Crippen molar-refractivity contribution >= 4 is 16.8 Å². The van der Waals surface area contributed by atoms with E-state index in [1.165, 1.54) is 0 Å². The first kappa shape index (κ1) is 21.6. The fraction of sp³-hybridized carbons (Fsp3) is 0.333. The van der Waals surface area contributed by atoms with Gasteiger partial charge in [0.1, 0.15) is 6.61 Å². The summed E-state index contributed by atoms with van der Waals surface area (Å²) >= 11 is 0. The van der Waals surface area contributed by atoms with Crippen LogP contribution in [0.25, 0.3) is 10.9 Å². The SMILES string of the molecule is CCN(CC)CCOc1ccc(CNC(=O)c2cccc3cccnc23)cc1OC. The van der Waals surface area contributed by atoms with Gasteiger partial charge in [0.05, 0.1) is 18.2 Å². The van der Waals surface area contributed by atoms with Gasteiger partial charge in [-0.25, -0.2) is 0 Å². The molecule has 6 nitrogen and oxygen atoms in total. The largest absolute Gasteiger partial charge is 0.493 e. The van der Waals surface area contributed by atoms with Crippen LogP contribution in [0.4, 0.5) is 0 Å². The summed E-state index contributed by atoms with van der Waals surface area (Å²) in [6, 6.07) is 15.1. The predicted octanol–water partition coefficient (Wildman–Crippen LogP) is 3.89. The molecule has 0 aliphatic heterocycles. The lowest BCUT2D eigenvalue weighted by Gasteiger charge is -2.19. The Morgan fingerprint density at radius 2 is 1.87 bits per heavy atom. The van der Waals surface area contributed by atoms with Gasteiger partial charge >= 0.3 is 0 Å². The van der Waals surface area contributed by atoms with E-state index in [9.17, 15) is 4.79 Å². The van der Waals surface area contributed by atoms with Crippen molar-refractivity contribution < 1.29 is 14.3 Å². The fourth-order valence-electron chi connectivity index (χ4n) is 3.33. The van der Waals surface area contributed by atoms with E-state index in [0.717, 1.165) is 30.6 Å². The minimum Gasteiger partial charge on any atom is -0.493 e. The predicted molar refractivity (Wildman–Crippen MR) is 119 cm³/mol. The number of carbonyl (C=O) groups excluding carboxylic acids is 1. The Balaban J connectivity index is 1.63. The number of hydrogen-bond donors (Lipinski definition) is 1. The molecule has 1 heterocycles. The van der Waals surface area contributed by atoms with Gasteiger partial charge in [0.2, 0.25) is 0 Å². The average Bonchev–Trinajstić information content (AvgIpc) is 2.80. The first-order valence-corrected chi connectivity index (χ1v) is 10.3. The molecule has 0 fully saturated rings. The lowest BCUT2D eigenvalue weighted by Crippen LogP contribution is -2.28. The first-order valence-electron chi connectivity index (χ1n) is 10.3. The highest BCUT2D eigenvalue weighted by Crippen LogP contribution is 2.28. The number of amides is 1. The normalized spacial score (nSPS) is 10.9. The van der Waals surface area contributed by atoms with Gasteiger partial charge in [-0.05, 0) is 42.9 Å². The number of nitrogens with zero attached hydrogens (tertiary/aromatic N) is 2. The summed E-state index contributed by atoms with van der Waals surface area (Å²) in [5.41, 5.74) is 2.20. The minimum absolute atomic E-state index is 0.155. The van der Waals surface area contributed by atoms with Gasteiger partial charge in [-0.2, -0.15) is 0 Å². The van der Waals surface area contributed by atoms with Gasteiger partial charge in [-0.15, -0.1) is 0 Å². The molecule has 0 saturated heterocycles. The zero-order valence-electron chi connectivity index (χ0n) is 17.9. The summed E-state index contributed by atoms with van der Waals surface area (Å²) in [5, 5.41) is 3.91. The zero-order valence-corrected chi connectivity index (χ0v) is 17.9. The van der Waals surface area contributed by atoms with Crippen molar-refractivity contribution in [2.75, 3.05) is 33.4 Å². The summed E-state index contributed by atoms with van der Waals surface area (Å²) in [4.78, 5) is 19.4. The lowest BCUT2D eigenvalue weighted by molar-refractivity contribution is 0.0952. The molecule has 0 atom stereocenters. The Morgan fingerprint density at radius 1 is 1.07 bits per heavy atom. The third-order valence-electron chi connectivity index (χ3n) is 5.12. The van der Waals surface area contributed by atoms with Crippen LogP contribution in [0, 0.1) is 0 Å². The number of fused-ring (bicyclic) bond motifs is 1. The van der Waals surface area contributed by atoms with Crippen molar-refractivity contribution in [3.05, 3.63) is 65.9 Å². The van der Waals surface area contributed by atoms with Crippen LogP contribution in [-0.2, 0) is 6.54 Å². The molecular weight excluding hydrogens is 378 g/mol. The zero-order chi connectivity index (χ0) is 21.3. The molecular formula is C24H29N3O3. The van der Waals surface area contributed by atoms with Crippen LogP contribution in [0.15, 0.2) is 54.7 Å². The van der Waals surface area contributed by atoms with Gasteiger partial charge in [-0.3, -0.25) is 9.78 Å². The van der Waals surface area contributed by atoms with E-state index in [-0.39, 0.29) is 5.91 Å². The molecule has 158 valence electrons. The molecule has 0 saturated carbocycles. The van der Waals surface area contributed by atoms with Crippen molar-refractivity contribution in [3.63, 3.8) is 0 Å². The summed E-state index contributed by atoms with van der Waals surface area (Å²) < 4.78 is 11.4. The lowest BCUT2D eigenvalue weighted by atomic mass is 10.1. The number of benzene rings is 2. The van der Waals surface area contributed by atoms with Crippen LogP contribution in [-0.4, -0.2) is 49.1 Å². The van der Waals surface area contributed by atoms with E-state index in [0.29, 0.717) is 35.7 Å². The van der Waals surface area contributed by atoms with E-state index < -0.39 is 0 Å². The van der Waals surface area contributed by atoms with Gasteiger partial charge in [0.25, 0.3) is 5.91 Å². The highest BCUT2D eigenvalue weighted by Gasteiger charge is 2.12. The molecule has 1 N–H and O–H groups in total. The van der Waals surface area contributed by atoms with Crippen LogP contribution >= 0.6 is 0 Å². The monoisotopic (exact) mass is 407 g/mol. The topological polar surface area (TPSA) is 63.7 Å². The number of ether oxygens (including phenoxy) is 2. The highest BCUT2D eigenvalue weighted by atomic mass is 16.5. The van der Waals surface area contributed by atoms with Crippen LogP contribution in [0.5, 0.6) is 11.5 Å². The minimum atomic E-state index is -0.155. The van der Waals surface area contributed by atoms with Gasteiger partial charge < -0.3 is 19.7 Å².